The van der Waals surface area contributed by atoms with Crippen LogP contribution in [0.1, 0.15) is 18.4 Å². The van der Waals surface area contributed by atoms with Crippen molar-refractivity contribution in [3.63, 3.8) is 0 Å². The zero-order valence-electron chi connectivity index (χ0n) is 11.3. The summed E-state index contributed by atoms with van der Waals surface area (Å²) in [5.74, 6) is -4.28. The number of hydrogen-bond acceptors (Lipinski definition) is 5. The van der Waals surface area contributed by atoms with Crippen LogP contribution >= 0.6 is 0 Å². The topological polar surface area (TPSA) is 89.0 Å². The van der Waals surface area contributed by atoms with E-state index in [-0.39, 0.29) is 0 Å². The third kappa shape index (κ3) is 3.25. The van der Waals surface area contributed by atoms with Crippen molar-refractivity contribution in [1.29, 1.82) is 0 Å². The summed E-state index contributed by atoms with van der Waals surface area (Å²) in [4.78, 5) is 19.1. The third-order valence-electron chi connectivity index (χ3n) is 2.88. The molecule has 0 aliphatic carbocycles. The van der Waals surface area contributed by atoms with Gasteiger partial charge in [-0.15, -0.1) is 0 Å². The molecule has 1 amide bonds. The number of carbonyl (C=O) groups excluding carboxylic acids is 1. The Morgan fingerprint density at radius 2 is 1.86 bits per heavy atom. The van der Waals surface area contributed by atoms with Crippen molar-refractivity contribution >= 4 is 15.9 Å². The Labute approximate surface area is 125 Å². The quantitative estimate of drug-likeness (QED) is 0.916. The molecule has 9 heteroatoms. The molecule has 1 heterocycles. The van der Waals surface area contributed by atoms with Crippen LogP contribution in [0.2, 0.25) is 0 Å². The first kappa shape index (κ1) is 16.0. The SMILES string of the molecule is C[C@H](C(=O)NS(=O)(=O)c1cnccn1)c1c(F)cccc1F. The van der Waals surface area contributed by atoms with Gasteiger partial charge in [0.05, 0.1) is 12.1 Å². The molecule has 1 N–H and O–H groups in total. The van der Waals surface area contributed by atoms with Crippen LogP contribution in [0.4, 0.5) is 8.78 Å². The van der Waals surface area contributed by atoms with Crippen LogP contribution in [-0.4, -0.2) is 24.3 Å². The van der Waals surface area contributed by atoms with E-state index >= 15 is 0 Å². The summed E-state index contributed by atoms with van der Waals surface area (Å²) in [6, 6.07) is 3.12. The molecule has 1 atom stereocenters. The predicted octanol–water partition coefficient (Wildman–Crippen LogP) is 1.36. The number of hydrogen-bond donors (Lipinski definition) is 1. The minimum Gasteiger partial charge on any atom is -0.273 e. The molecule has 6 nitrogen and oxygen atoms in total. The van der Waals surface area contributed by atoms with Crippen molar-refractivity contribution in [2.75, 3.05) is 0 Å². The van der Waals surface area contributed by atoms with E-state index in [1.807, 2.05) is 0 Å². The molecular formula is C13H11F2N3O3S. The highest BCUT2D eigenvalue weighted by molar-refractivity contribution is 7.90. The van der Waals surface area contributed by atoms with Gasteiger partial charge >= 0.3 is 0 Å². The highest BCUT2D eigenvalue weighted by Crippen LogP contribution is 2.22. The van der Waals surface area contributed by atoms with Gasteiger partial charge in [0.25, 0.3) is 10.0 Å². The summed E-state index contributed by atoms with van der Waals surface area (Å²) in [6.45, 7) is 1.20. The van der Waals surface area contributed by atoms with Crippen molar-refractivity contribution in [3.05, 3.63) is 54.0 Å². The van der Waals surface area contributed by atoms with Crippen molar-refractivity contribution in [2.24, 2.45) is 0 Å². The van der Waals surface area contributed by atoms with Gasteiger partial charge in [-0.25, -0.2) is 18.5 Å². The van der Waals surface area contributed by atoms with E-state index in [1.54, 1.807) is 4.72 Å². The van der Waals surface area contributed by atoms with Crippen molar-refractivity contribution in [1.82, 2.24) is 14.7 Å². The van der Waals surface area contributed by atoms with Crippen LogP contribution in [0.25, 0.3) is 0 Å². The maximum absolute atomic E-state index is 13.6. The lowest BCUT2D eigenvalue weighted by Gasteiger charge is -2.14. The van der Waals surface area contributed by atoms with E-state index in [1.165, 1.54) is 13.1 Å². The number of aromatic nitrogens is 2. The molecule has 0 saturated carbocycles. The molecule has 0 radical (unpaired) electrons. The standard InChI is InChI=1S/C13H11F2N3O3S/c1-8(12-9(14)3-2-4-10(12)15)13(19)18-22(20,21)11-7-16-5-6-17-11/h2-8H,1H3,(H,18,19)/t8-/m0/s1. The van der Waals surface area contributed by atoms with Crippen LogP contribution in [0.3, 0.4) is 0 Å². The fraction of sp³-hybridized carbons (Fsp3) is 0.154. The molecule has 2 aromatic rings. The Hall–Kier alpha value is -2.42. The lowest BCUT2D eigenvalue weighted by molar-refractivity contribution is -0.120. The minimum atomic E-state index is -4.26. The molecule has 0 unspecified atom stereocenters. The van der Waals surface area contributed by atoms with E-state index in [9.17, 15) is 22.0 Å². The zero-order chi connectivity index (χ0) is 16.3. The van der Waals surface area contributed by atoms with E-state index in [4.69, 9.17) is 0 Å². The first-order valence-corrected chi connectivity index (χ1v) is 7.58. The van der Waals surface area contributed by atoms with Gasteiger partial charge in [0, 0.05) is 18.0 Å². The second-order valence-corrected chi connectivity index (χ2v) is 6.00. The summed E-state index contributed by atoms with van der Waals surface area (Å²) < 4.78 is 52.8. The fourth-order valence-corrected chi connectivity index (χ4v) is 2.70. The Kier molecular flexibility index (Phi) is 4.45. The predicted molar refractivity (Wildman–Crippen MR) is 72.1 cm³/mol. The second-order valence-electron chi connectivity index (χ2n) is 4.37. The van der Waals surface area contributed by atoms with Gasteiger partial charge in [-0.1, -0.05) is 6.07 Å². The molecule has 0 fully saturated rings. The smallest absolute Gasteiger partial charge is 0.273 e. The summed E-state index contributed by atoms with van der Waals surface area (Å²) in [5.41, 5.74) is -0.505. The van der Waals surface area contributed by atoms with Crippen molar-refractivity contribution in [3.8, 4) is 0 Å². The molecule has 0 aliphatic rings. The molecule has 0 bridgehead atoms. The Morgan fingerprint density at radius 3 is 2.41 bits per heavy atom. The average molecular weight is 327 g/mol. The van der Waals surface area contributed by atoms with Gasteiger partial charge in [0.2, 0.25) is 5.91 Å². The summed E-state index contributed by atoms with van der Waals surface area (Å²) >= 11 is 0. The van der Waals surface area contributed by atoms with E-state index in [0.717, 1.165) is 30.6 Å². The van der Waals surface area contributed by atoms with Crippen LogP contribution in [0, 0.1) is 11.6 Å². The number of nitrogens with one attached hydrogen (secondary N) is 1. The first-order chi connectivity index (χ1) is 10.3. The number of carbonyl (C=O) groups is 1. The van der Waals surface area contributed by atoms with Crippen LogP contribution in [0.15, 0.2) is 41.8 Å². The molecule has 22 heavy (non-hydrogen) atoms. The third-order valence-corrected chi connectivity index (χ3v) is 4.11. The Balaban J connectivity index is 2.26. The van der Waals surface area contributed by atoms with Crippen LogP contribution in [0.5, 0.6) is 0 Å². The lowest BCUT2D eigenvalue weighted by Crippen LogP contribution is -2.34. The molecule has 1 aromatic heterocycles. The van der Waals surface area contributed by atoms with Crippen LogP contribution < -0.4 is 4.72 Å². The number of halogens is 2. The van der Waals surface area contributed by atoms with Gasteiger partial charge in [-0.2, -0.15) is 8.42 Å². The average Bonchev–Trinajstić information content (AvgIpc) is 2.47. The Morgan fingerprint density at radius 1 is 1.23 bits per heavy atom. The normalized spacial score (nSPS) is 12.7. The summed E-state index contributed by atoms with van der Waals surface area (Å²) in [6.07, 6.45) is 3.35. The molecule has 116 valence electrons. The highest BCUT2D eigenvalue weighted by atomic mass is 32.2. The largest absolute Gasteiger partial charge is 0.283 e. The summed E-state index contributed by atoms with van der Waals surface area (Å²) in [5, 5.41) is -0.468. The lowest BCUT2D eigenvalue weighted by atomic mass is 9.99. The number of benzene rings is 1. The number of amides is 1. The van der Waals surface area contributed by atoms with Crippen molar-refractivity contribution < 1.29 is 22.0 Å². The maximum Gasteiger partial charge on any atom is 0.283 e. The molecule has 0 aliphatic heterocycles. The van der Waals surface area contributed by atoms with Crippen molar-refractivity contribution in [2.45, 2.75) is 17.9 Å². The van der Waals surface area contributed by atoms with Gasteiger partial charge in [-0.3, -0.25) is 9.78 Å². The minimum absolute atomic E-state index is 0.468. The summed E-state index contributed by atoms with van der Waals surface area (Å²) in [7, 11) is -4.26. The van der Waals surface area contributed by atoms with E-state index < -0.39 is 44.1 Å². The molecule has 0 spiro atoms. The van der Waals surface area contributed by atoms with Gasteiger partial charge < -0.3 is 0 Å². The fourth-order valence-electron chi connectivity index (χ4n) is 1.75. The first-order valence-electron chi connectivity index (χ1n) is 6.09. The molecule has 2 rings (SSSR count). The number of rotatable bonds is 4. The number of nitrogens with zero attached hydrogens (tertiary/aromatic N) is 2. The monoisotopic (exact) mass is 327 g/mol. The van der Waals surface area contributed by atoms with Crippen LogP contribution in [-0.2, 0) is 14.8 Å². The number of sulfonamides is 1. The maximum atomic E-state index is 13.6. The zero-order valence-corrected chi connectivity index (χ0v) is 12.1. The molecule has 1 aromatic carbocycles. The second kappa shape index (κ2) is 6.14. The van der Waals surface area contributed by atoms with Gasteiger partial charge in [-0.05, 0) is 19.1 Å². The van der Waals surface area contributed by atoms with E-state index in [0.29, 0.717) is 0 Å². The van der Waals surface area contributed by atoms with E-state index in [2.05, 4.69) is 9.97 Å². The highest BCUT2D eigenvalue weighted by Gasteiger charge is 2.27. The Bertz CT molecular complexity index is 777. The van der Waals surface area contributed by atoms with Gasteiger partial charge in [0.15, 0.2) is 5.03 Å². The molecule has 0 saturated heterocycles. The molecular weight excluding hydrogens is 316 g/mol. The van der Waals surface area contributed by atoms with Gasteiger partial charge in [0.1, 0.15) is 11.6 Å².